The zero-order valence-corrected chi connectivity index (χ0v) is 11.9. The Kier molecular flexibility index (Phi) is 6.73. The van der Waals surface area contributed by atoms with E-state index in [0.717, 1.165) is 11.0 Å². The Morgan fingerprint density at radius 2 is 2.06 bits per heavy atom. The van der Waals surface area contributed by atoms with Crippen LogP contribution in [-0.2, 0) is 11.3 Å². The highest BCUT2D eigenvalue weighted by Crippen LogP contribution is 2.15. The smallest absolute Gasteiger partial charge is 0.0897 e. The molecule has 4 heteroatoms. The molecule has 2 N–H and O–H groups in total. The first-order valence-electron chi connectivity index (χ1n) is 5.83. The van der Waals surface area contributed by atoms with Crippen LogP contribution in [0.5, 0.6) is 0 Å². The molecule has 96 valence electrons. The van der Waals surface area contributed by atoms with Gasteiger partial charge >= 0.3 is 0 Å². The van der Waals surface area contributed by atoms with Gasteiger partial charge in [-0.15, -0.1) is 0 Å². The van der Waals surface area contributed by atoms with Gasteiger partial charge in [0.25, 0.3) is 0 Å². The number of benzene rings is 1. The Labute approximate surface area is 111 Å². The Morgan fingerprint density at radius 1 is 1.35 bits per heavy atom. The molecule has 1 unspecified atom stereocenters. The predicted molar refractivity (Wildman–Crippen MR) is 72.9 cm³/mol. The number of halogens is 1. The quantitative estimate of drug-likeness (QED) is 0.812. The number of aliphatic hydroxyl groups is 1. The molecular formula is C13H20BrNO2. The normalized spacial score (nSPS) is 13.0. The van der Waals surface area contributed by atoms with Crippen molar-refractivity contribution in [3.05, 3.63) is 34.3 Å². The van der Waals surface area contributed by atoms with Gasteiger partial charge in [0.2, 0.25) is 0 Å². The van der Waals surface area contributed by atoms with Crippen LogP contribution < -0.4 is 5.32 Å². The second-order valence-corrected chi connectivity index (χ2v) is 5.11. The van der Waals surface area contributed by atoms with E-state index in [1.807, 2.05) is 38.1 Å². The van der Waals surface area contributed by atoms with Crippen LogP contribution in [0, 0.1) is 0 Å². The van der Waals surface area contributed by atoms with Crippen molar-refractivity contribution in [1.82, 2.24) is 5.32 Å². The van der Waals surface area contributed by atoms with Gasteiger partial charge in [0.1, 0.15) is 0 Å². The van der Waals surface area contributed by atoms with Crippen molar-refractivity contribution >= 4 is 15.9 Å². The fourth-order valence-electron chi connectivity index (χ4n) is 1.38. The maximum Gasteiger partial charge on any atom is 0.0897 e. The molecule has 17 heavy (non-hydrogen) atoms. The highest BCUT2D eigenvalue weighted by Gasteiger charge is 2.05. The predicted octanol–water partition coefficient (Wildman–Crippen LogP) is 2.32. The molecule has 3 nitrogen and oxygen atoms in total. The van der Waals surface area contributed by atoms with Crippen LogP contribution in [0.15, 0.2) is 28.7 Å². The Bertz CT molecular complexity index is 331. The monoisotopic (exact) mass is 301 g/mol. The summed E-state index contributed by atoms with van der Waals surface area (Å²) in [7, 11) is 0. The molecule has 1 aromatic carbocycles. The van der Waals surface area contributed by atoms with Crippen molar-refractivity contribution in [2.45, 2.75) is 32.6 Å². The molecule has 1 rings (SSSR count). The second-order valence-electron chi connectivity index (χ2n) is 4.26. The van der Waals surface area contributed by atoms with Crippen molar-refractivity contribution in [1.29, 1.82) is 0 Å². The lowest BCUT2D eigenvalue weighted by Crippen LogP contribution is -2.31. The molecule has 0 aromatic heterocycles. The molecule has 1 atom stereocenters. The number of aliphatic hydroxyl groups excluding tert-OH is 1. The lowest BCUT2D eigenvalue weighted by molar-refractivity contribution is 0.00630. The van der Waals surface area contributed by atoms with Crippen molar-refractivity contribution in [3.63, 3.8) is 0 Å². The molecule has 0 saturated heterocycles. The average Bonchev–Trinajstić information content (AvgIpc) is 2.29. The molecule has 0 amide bonds. The van der Waals surface area contributed by atoms with Gasteiger partial charge in [0.05, 0.1) is 18.8 Å². The van der Waals surface area contributed by atoms with E-state index in [1.54, 1.807) is 0 Å². The molecule has 0 aliphatic heterocycles. The lowest BCUT2D eigenvalue weighted by Gasteiger charge is -2.14. The van der Waals surface area contributed by atoms with Gasteiger partial charge in [-0.2, -0.15) is 0 Å². The zero-order chi connectivity index (χ0) is 12.7. The minimum Gasteiger partial charge on any atom is -0.389 e. The van der Waals surface area contributed by atoms with E-state index in [-0.39, 0.29) is 6.10 Å². The third kappa shape index (κ3) is 6.17. The molecule has 0 saturated carbocycles. The molecule has 0 fully saturated rings. The fraction of sp³-hybridized carbons (Fsp3) is 0.538. The van der Waals surface area contributed by atoms with Crippen LogP contribution in [0.3, 0.4) is 0 Å². The standard InChI is InChI=1S/C13H20BrNO2/c1-10(2)17-9-12(16)8-15-7-11-5-3-4-6-13(11)14/h3-6,10,12,15-16H,7-9H2,1-2H3. The summed E-state index contributed by atoms with van der Waals surface area (Å²) in [4.78, 5) is 0. The summed E-state index contributed by atoms with van der Waals surface area (Å²) >= 11 is 3.49. The summed E-state index contributed by atoms with van der Waals surface area (Å²) in [5.74, 6) is 0. The summed E-state index contributed by atoms with van der Waals surface area (Å²) < 4.78 is 6.41. The molecular weight excluding hydrogens is 282 g/mol. The van der Waals surface area contributed by atoms with Crippen LogP contribution in [0.2, 0.25) is 0 Å². The van der Waals surface area contributed by atoms with Crippen molar-refractivity contribution in [2.24, 2.45) is 0 Å². The SMILES string of the molecule is CC(C)OCC(O)CNCc1ccccc1Br. The van der Waals surface area contributed by atoms with Gasteiger partial charge in [-0.05, 0) is 25.5 Å². The van der Waals surface area contributed by atoms with E-state index in [2.05, 4.69) is 21.2 Å². The summed E-state index contributed by atoms with van der Waals surface area (Å²) in [5, 5.41) is 12.9. The molecule has 0 heterocycles. The summed E-state index contributed by atoms with van der Waals surface area (Å²) in [6, 6.07) is 8.04. The molecule has 0 aliphatic rings. The number of ether oxygens (including phenoxy) is 1. The van der Waals surface area contributed by atoms with Gasteiger partial charge in [-0.1, -0.05) is 34.1 Å². The third-order valence-corrected chi connectivity index (χ3v) is 3.05. The Morgan fingerprint density at radius 3 is 2.71 bits per heavy atom. The molecule has 0 bridgehead atoms. The molecule has 0 spiro atoms. The molecule has 0 aliphatic carbocycles. The average molecular weight is 302 g/mol. The number of hydrogen-bond donors (Lipinski definition) is 2. The van der Waals surface area contributed by atoms with E-state index in [0.29, 0.717) is 13.2 Å². The Hall–Kier alpha value is -0.420. The molecule has 1 aromatic rings. The van der Waals surface area contributed by atoms with Gasteiger partial charge in [0, 0.05) is 17.6 Å². The van der Waals surface area contributed by atoms with Gasteiger partial charge < -0.3 is 15.2 Å². The summed E-state index contributed by atoms with van der Waals surface area (Å²) in [5.41, 5.74) is 1.18. The minimum absolute atomic E-state index is 0.160. The maximum atomic E-state index is 9.65. The first-order chi connectivity index (χ1) is 8.09. The number of rotatable bonds is 7. The van der Waals surface area contributed by atoms with Crippen molar-refractivity contribution < 1.29 is 9.84 Å². The first kappa shape index (κ1) is 14.6. The van der Waals surface area contributed by atoms with Gasteiger partial charge in [0.15, 0.2) is 0 Å². The van der Waals surface area contributed by atoms with E-state index in [1.165, 1.54) is 5.56 Å². The fourth-order valence-corrected chi connectivity index (χ4v) is 1.80. The number of nitrogens with one attached hydrogen (secondary N) is 1. The third-order valence-electron chi connectivity index (χ3n) is 2.28. The van der Waals surface area contributed by atoms with E-state index >= 15 is 0 Å². The highest BCUT2D eigenvalue weighted by atomic mass is 79.9. The van der Waals surface area contributed by atoms with E-state index in [9.17, 15) is 5.11 Å². The lowest BCUT2D eigenvalue weighted by atomic mass is 10.2. The topological polar surface area (TPSA) is 41.5 Å². The maximum absolute atomic E-state index is 9.65. The van der Waals surface area contributed by atoms with E-state index in [4.69, 9.17) is 4.74 Å². The highest BCUT2D eigenvalue weighted by molar-refractivity contribution is 9.10. The zero-order valence-electron chi connectivity index (χ0n) is 10.3. The van der Waals surface area contributed by atoms with Crippen LogP contribution >= 0.6 is 15.9 Å². The molecule has 0 radical (unpaired) electrons. The van der Waals surface area contributed by atoms with Crippen LogP contribution in [-0.4, -0.2) is 30.5 Å². The Balaban J connectivity index is 2.21. The first-order valence-corrected chi connectivity index (χ1v) is 6.62. The van der Waals surface area contributed by atoms with Crippen LogP contribution in [0.25, 0.3) is 0 Å². The summed E-state index contributed by atoms with van der Waals surface area (Å²) in [6.07, 6.45) is -0.298. The second kappa shape index (κ2) is 7.82. The minimum atomic E-state index is -0.458. The van der Waals surface area contributed by atoms with E-state index < -0.39 is 6.10 Å². The van der Waals surface area contributed by atoms with Gasteiger partial charge in [-0.3, -0.25) is 0 Å². The largest absolute Gasteiger partial charge is 0.389 e. The number of hydrogen-bond acceptors (Lipinski definition) is 3. The summed E-state index contributed by atoms with van der Waals surface area (Å²) in [6.45, 7) is 5.57. The van der Waals surface area contributed by atoms with Crippen LogP contribution in [0.4, 0.5) is 0 Å². The van der Waals surface area contributed by atoms with Crippen molar-refractivity contribution in [3.8, 4) is 0 Å². The van der Waals surface area contributed by atoms with Crippen LogP contribution in [0.1, 0.15) is 19.4 Å². The van der Waals surface area contributed by atoms with Gasteiger partial charge in [-0.25, -0.2) is 0 Å². The van der Waals surface area contributed by atoms with Crippen molar-refractivity contribution in [2.75, 3.05) is 13.2 Å².